The molecule has 2 fully saturated rings. The first kappa shape index (κ1) is 10.9. The molecule has 0 aromatic carbocycles. The van der Waals surface area contributed by atoms with E-state index in [-0.39, 0.29) is 0 Å². The maximum Gasteiger partial charge on any atom is 0.222 e. The second-order valence-electron chi connectivity index (χ2n) is 5.30. The smallest absolute Gasteiger partial charge is 0.222 e. The average molecular weight is 210 g/mol. The maximum atomic E-state index is 11.9. The monoisotopic (exact) mass is 210 g/mol. The molecule has 0 aliphatic carbocycles. The summed E-state index contributed by atoms with van der Waals surface area (Å²) in [5, 5.41) is 3.43. The molecule has 86 valence electrons. The predicted molar refractivity (Wildman–Crippen MR) is 60.5 cm³/mol. The Labute approximate surface area is 92.2 Å². The highest BCUT2D eigenvalue weighted by molar-refractivity contribution is 5.77. The van der Waals surface area contributed by atoms with E-state index in [1.54, 1.807) is 0 Å². The van der Waals surface area contributed by atoms with Crippen molar-refractivity contribution in [2.45, 2.75) is 39.2 Å². The van der Waals surface area contributed by atoms with Crippen molar-refractivity contribution in [1.29, 1.82) is 0 Å². The summed E-state index contributed by atoms with van der Waals surface area (Å²) in [5.74, 6) is 1.67. The van der Waals surface area contributed by atoms with Crippen molar-refractivity contribution >= 4 is 5.91 Å². The SMILES string of the molecule is CC(C)CN1C(=O)CC[C@@H]2CNCC[C@@H]21. The normalized spacial score (nSPS) is 31.9. The van der Waals surface area contributed by atoms with Gasteiger partial charge < -0.3 is 10.2 Å². The van der Waals surface area contributed by atoms with Crippen LogP contribution < -0.4 is 5.32 Å². The zero-order chi connectivity index (χ0) is 10.8. The van der Waals surface area contributed by atoms with E-state index in [4.69, 9.17) is 0 Å². The lowest BCUT2D eigenvalue weighted by Gasteiger charge is -2.44. The standard InChI is InChI=1S/C12H22N2O/c1-9(2)8-14-11-5-6-13-7-10(11)3-4-12(14)15/h9-11,13H,3-8H2,1-2H3/t10-,11+/m1/s1. The van der Waals surface area contributed by atoms with Crippen LogP contribution in [0, 0.1) is 11.8 Å². The molecule has 2 aliphatic rings. The fourth-order valence-corrected chi connectivity index (χ4v) is 2.88. The van der Waals surface area contributed by atoms with Crippen LogP contribution in [0.2, 0.25) is 0 Å². The molecule has 0 radical (unpaired) electrons. The number of amides is 1. The van der Waals surface area contributed by atoms with E-state index in [0.29, 0.717) is 23.8 Å². The quantitative estimate of drug-likeness (QED) is 0.744. The Morgan fingerprint density at radius 1 is 1.47 bits per heavy atom. The number of hydrogen-bond acceptors (Lipinski definition) is 2. The van der Waals surface area contributed by atoms with Gasteiger partial charge in [-0.15, -0.1) is 0 Å². The first-order valence-electron chi connectivity index (χ1n) is 6.18. The van der Waals surface area contributed by atoms with Gasteiger partial charge in [-0.3, -0.25) is 4.79 Å². The van der Waals surface area contributed by atoms with E-state index in [1.165, 1.54) is 0 Å². The predicted octanol–water partition coefficient (Wildman–Crippen LogP) is 1.24. The summed E-state index contributed by atoms with van der Waals surface area (Å²) in [5.41, 5.74) is 0. The van der Waals surface area contributed by atoms with Crippen molar-refractivity contribution in [3.8, 4) is 0 Å². The van der Waals surface area contributed by atoms with E-state index in [1.807, 2.05) is 0 Å². The van der Waals surface area contributed by atoms with Gasteiger partial charge in [0.05, 0.1) is 0 Å². The largest absolute Gasteiger partial charge is 0.339 e. The van der Waals surface area contributed by atoms with Crippen LogP contribution in [0.25, 0.3) is 0 Å². The number of nitrogens with zero attached hydrogens (tertiary/aromatic N) is 1. The molecular weight excluding hydrogens is 188 g/mol. The minimum Gasteiger partial charge on any atom is -0.339 e. The Morgan fingerprint density at radius 2 is 2.27 bits per heavy atom. The molecule has 0 saturated carbocycles. The molecule has 3 nitrogen and oxygen atoms in total. The lowest BCUT2D eigenvalue weighted by atomic mass is 9.84. The first-order chi connectivity index (χ1) is 7.18. The Bertz CT molecular complexity index is 240. The summed E-state index contributed by atoms with van der Waals surface area (Å²) in [6.45, 7) is 7.51. The number of hydrogen-bond donors (Lipinski definition) is 1. The van der Waals surface area contributed by atoms with Gasteiger partial charge in [0.25, 0.3) is 0 Å². The lowest BCUT2D eigenvalue weighted by Crippen LogP contribution is -2.55. The number of carbonyl (C=O) groups excluding carboxylic acids is 1. The van der Waals surface area contributed by atoms with Crippen LogP contribution in [-0.2, 0) is 4.79 Å². The van der Waals surface area contributed by atoms with Crippen LogP contribution in [0.15, 0.2) is 0 Å². The minimum absolute atomic E-state index is 0.381. The molecule has 1 N–H and O–H groups in total. The summed E-state index contributed by atoms with van der Waals surface area (Å²) < 4.78 is 0. The molecule has 2 aliphatic heterocycles. The molecule has 3 heteroatoms. The third-order valence-electron chi connectivity index (χ3n) is 3.58. The fraction of sp³-hybridized carbons (Fsp3) is 0.917. The van der Waals surface area contributed by atoms with Gasteiger partial charge in [-0.05, 0) is 37.8 Å². The third-order valence-corrected chi connectivity index (χ3v) is 3.58. The van der Waals surface area contributed by atoms with Crippen LogP contribution in [0.4, 0.5) is 0 Å². The Hall–Kier alpha value is -0.570. The molecule has 15 heavy (non-hydrogen) atoms. The lowest BCUT2D eigenvalue weighted by molar-refractivity contribution is -0.140. The number of nitrogens with one attached hydrogen (secondary N) is 1. The fourth-order valence-electron chi connectivity index (χ4n) is 2.88. The first-order valence-corrected chi connectivity index (χ1v) is 6.18. The third kappa shape index (κ3) is 2.33. The molecule has 2 saturated heterocycles. The summed E-state index contributed by atoms with van der Waals surface area (Å²) >= 11 is 0. The van der Waals surface area contributed by atoms with Gasteiger partial charge >= 0.3 is 0 Å². The molecule has 0 bridgehead atoms. The number of fused-ring (bicyclic) bond motifs is 1. The van der Waals surface area contributed by atoms with Crippen LogP contribution in [0.5, 0.6) is 0 Å². The number of carbonyl (C=O) groups is 1. The average Bonchev–Trinajstić information content (AvgIpc) is 2.22. The summed E-state index contributed by atoms with van der Waals surface area (Å²) in [6, 6.07) is 0.523. The Kier molecular flexibility index (Phi) is 3.29. The summed E-state index contributed by atoms with van der Waals surface area (Å²) in [6.07, 6.45) is 2.99. The van der Waals surface area contributed by atoms with Crippen molar-refractivity contribution in [2.75, 3.05) is 19.6 Å². The van der Waals surface area contributed by atoms with Gasteiger partial charge in [0.2, 0.25) is 5.91 Å². The highest BCUT2D eigenvalue weighted by Crippen LogP contribution is 2.28. The molecule has 2 rings (SSSR count). The van der Waals surface area contributed by atoms with E-state index in [2.05, 4.69) is 24.1 Å². The molecule has 0 unspecified atom stereocenters. The summed E-state index contributed by atoms with van der Waals surface area (Å²) in [4.78, 5) is 14.0. The highest BCUT2D eigenvalue weighted by Gasteiger charge is 2.36. The van der Waals surface area contributed by atoms with Gasteiger partial charge in [-0.25, -0.2) is 0 Å². The molecule has 0 aromatic rings. The zero-order valence-corrected chi connectivity index (χ0v) is 9.83. The second kappa shape index (κ2) is 4.52. The number of piperidine rings is 2. The van der Waals surface area contributed by atoms with Gasteiger partial charge in [0.1, 0.15) is 0 Å². The maximum absolute atomic E-state index is 11.9. The number of rotatable bonds is 2. The van der Waals surface area contributed by atoms with E-state index < -0.39 is 0 Å². The van der Waals surface area contributed by atoms with Crippen molar-refractivity contribution < 1.29 is 4.79 Å². The Morgan fingerprint density at radius 3 is 3.00 bits per heavy atom. The second-order valence-corrected chi connectivity index (χ2v) is 5.30. The Balaban J connectivity index is 2.05. The van der Waals surface area contributed by atoms with Crippen molar-refractivity contribution in [1.82, 2.24) is 10.2 Å². The molecule has 2 heterocycles. The van der Waals surface area contributed by atoms with Gasteiger partial charge in [-0.1, -0.05) is 13.8 Å². The van der Waals surface area contributed by atoms with Crippen molar-refractivity contribution in [3.63, 3.8) is 0 Å². The van der Waals surface area contributed by atoms with E-state index >= 15 is 0 Å². The molecule has 2 atom stereocenters. The number of likely N-dealkylation sites (tertiary alicyclic amines) is 1. The van der Waals surface area contributed by atoms with E-state index in [0.717, 1.165) is 38.9 Å². The van der Waals surface area contributed by atoms with Gasteiger partial charge in [0, 0.05) is 19.0 Å². The van der Waals surface area contributed by atoms with Gasteiger partial charge in [-0.2, -0.15) is 0 Å². The molecule has 1 amide bonds. The van der Waals surface area contributed by atoms with E-state index in [9.17, 15) is 4.79 Å². The topological polar surface area (TPSA) is 32.3 Å². The highest BCUT2D eigenvalue weighted by atomic mass is 16.2. The van der Waals surface area contributed by atoms with Crippen LogP contribution in [-0.4, -0.2) is 36.5 Å². The summed E-state index contributed by atoms with van der Waals surface area (Å²) in [7, 11) is 0. The van der Waals surface area contributed by atoms with Crippen LogP contribution >= 0.6 is 0 Å². The molecule has 0 spiro atoms. The zero-order valence-electron chi connectivity index (χ0n) is 9.83. The minimum atomic E-state index is 0.381. The van der Waals surface area contributed by atoms with Crippen molar-refractivity contribution in [2.24, 2.45) is 11.8 Å². The molecular formula is C12H22N2O. The molecule has 0 aromatic heterocycles. The van der Waals surface area contributed by atoms with Crippen molar-refractivity contribution in [3.05, 3.63) is 0 Å². The van der Waals surface area contributed by atoms with Crippen LogP contribution in [0.3, 0.4) is 0 Å². The van der Waals surface area contributed by atoms with Crippen LogP contribution in [0.1, 0.15) is 33.1 Å². The van der Waals surface area contributed by atoms with Gasteiger partial charge in [0.15, 0.2) is 0 Å².